The van der Waals surface area contributed by atoms with Crippen molar-refractivity contribution >= 4 is 22.4 Å². The Hall–Kier alpha value is -1.88. The van der Waals surface area contributed by atoms with Crippen LogP contribution >= 0.6 is 0 Å². The molecule has 2 rings (SSSR count). The molecule has 2 N–H and O–H groups in total. The normalized spacial score (nSPS) is 14.2. The summed E-state index contributed by atoms with van der Waals surface area (Å²) in [6, 6.07) is 0. The summed E-state index contributed by atoms with van der Waals surface area (Å²) in [5.74, 6) is 0.655. The van der Waals surface area contributed by atoms with Gasteiger partial charge in [-0.15, -0.1) is 0 Å². The van der Waals surface area contributed by atoms with Gasteiger partial charge in [0.15, 0.2) is 11.5 Å². The topological polar surface area (TPSA) is 147 Å². The first-order valence-corrected chi connectivity index (χ1v) is 14.0. The molecule has 0 aliphatic carbocycles. The van der Waals surface area contributed by atoms with Crippen molar-refractivity contribution in [1.29, 1.82) is 0 Å². The van der Waals surface area contributed by atoms with E-state index in [-0.39, 0.29) is 10.8 Å². The van der Waals surface area contributed by atoms with Crippen LogP contribution in [0.2, 0.25) is 0 Å². The van der Waals surface area contributed by atoms with E-state index >= 15 is 0 Å². The van der Waals surface area contributed by atoms with E-state index in [4.69, 9.17) is 8.83 Å². The molecule has 190 valence electrons. The van der Waals surface area contributed by atoms with Crippen molar-refractivity contribution in [2.24, 2.45) is 10.8 Å². The predicted molar refractivity (Wildman–Crippen MR) is 133 cm³/mol. The molecular weight excluding hydrogens is 480 g/mol. The summed E-state index contributed by atoms with van der Waals surface area (Å²) in [5.41, 5.74) is -0.793. The lowest BCUT2D eigenvalue weighted by atomic mass is 9.84. The highest BCUT2D eigenvalue weighted by atomic mass is 32.2. The molecule has 0 fully saturated rings. The lowest BCUT2D eigenvalue weighted by Crippen LogP contribution is -2.28. The van der Waals surface area contributed by atoms with Crippen LogP contribution in [-0.4, -0.2) is 42.3 Å². The van der Waals surface area contributed by atoms with Gasteiger partial charge in [-0.3, -0.25) is 9.59 Å². The van der Waals surface area contributed by atoms with Crippen LogP contribution in [0.5, 0.6) is 11.5 Å². The third kappa shape index (κ3) is 9.05. The molecule has 10 heteroatoms. The van der Waals surface area contributed by atoms with Crippen molar-refractivity contribution in [3.05, 3.63) is 56.6 Å². The second kappa shape index (κ2) is 12.2. The van der Waals surface area contributed by atoms with E-state index in [0.29, 0.717) is 59.8 Å². The number of aromatic hydroxyl groups is 2. The van der Waals surface area contributed by atoms with Crippen molar-refractivity contribution < 1.29 is 28.2 Å². The Bertz CT molecular complexity index is 960. The summed E-state index contributed by atoms with van der Waals surface area (Å²) in [7, 11) is 0. The molecule has 8 nitrogen and oxygen atoms in total. The maximum absolute atomic E-state index is 12.5. The second-order valence-corrected chi connectivity index (χ2v) is 13.5. The van der Waals surface area contributed by atoms with Crippen LogP contribution in [0.15, 0.2) is 43.5 Å². The van der Waals surface area contributed by atoms with E-state index in [9.17, 15) is 28.9 Å². The van der Waals surface area contributed by atoms with Gasteiger partial charge >= 0.3 is 0 Å². The first kappa shape index (κ1) is 28.4. The molecule has 0 spiro atoms. The van der Waals surface area contributed by atoms with E-state index in [2.05, 4.69) is 0 Å². The van der Waals surface area contributed by atoms with Gasteiger partial charge in [0.1, 0.15) is 35.5 Å². The summed E-state index contributed by atoms with van der Waals surface area (Å²) in [6.45, 7) is 7.84. The van der Waals surface area contributed by atoms with Crippen LogP contribution < -0.4 is 10.9 Å². The van der Waals surface area contributed by atoms with Gasteiger partial charge < -0.3 is 28.2 Å². The van der Waals surface area contributed by atoms with Gasteiger partial charge in [-0.25, -0.2) is 0 Å². The minimum absolute atomic E-state index is 0.320. The number of rotatable bonds is 13. The lowest BCUT2D eigenvalue weighted by Gasteiger charge is -2.26. The fourth-order valence-electron chi connectivity index (χ4n) is 3.53. The highest BCUT2D eigenvalue weighted by molar-refractivity contribution is 7.95. The SMILES string of the molecule is CC(C)(CC[S+]([O-])CC[S+]([O-])CCC(C)(C)Cc1cocc(O)c1=O)Cc1cocc(O)c1=O. The molecule has 2 aromatic heterocycles. The third-order valence-corrected chi connectivity index (χ3v) is 8.61. The van der Waals surface area contributed by atoms with Gasteiger partial charge in [0, 0.05) is 11.1 Å². The highest BCUT2D eigenvalue weighted by Gasteiger charge is 2.26. The molecule has 0 aromatic carbocycles. The zero-order valence-electron chi connectivity index (χ0n) is 20.1. The largest absolute Gasteiger partial charge is 0.616 e. The quantitative estimate of drug-likeness (QED) is 0.388. The summed E-state index contributed by atoms with van der Waals surface area (Å²) >= 11 is -2.28. The van der Waals surface area contributed by atoms with Crippen LogP contribution in [0, 0.1) is 10.8 Å². The number of hydrogen-bond acceptors (Lipinski definition) is 8. The van der Waals surface area contributed by atoms with Gasteiger partial charge in [0.2, 0.25) is 10.9 Å². The first-order valence-electron chi connectivity index (χ1n) is 11.1. The number of hydrogen-bond donors (Lipinski definition) is 2. The summed E-state index contributed by atoms with van der Waals surface area (Å²) in [4.78, 5) is 24.0. The molecule has 0 aliphatic rings. The Balaban J connectivity index is 1.75. The summed E-state index contributed by atoms with van der Waals surface area (Å²) < 4.78 is 34.9. The molecule has 0 bridgehead atoms. The van der Waals surface area contributed by atoms with Gasteiger partial charge in [0.05, 0.1) is 12.5 Å². The average molecular weight is 515 g/mol. The predicted octanol–water partition coefficient (Wildman–Crippen LogP) is 3.12. The van der Waals surface area contributed by atoms with Gasteiger partial charge in [-0.2, -0.15) is 0 Å². The smallest absolute Gasteiger partial charge is 0.229 e. The molecule has 0 aliphatic heterocycles. The van der Waals surface area contributed by atoms with Crippen LogP contribution in [0.1, 0.15) is 51.7 Å². The van der Waals surface area contributed by atoms with Crippen molar-refractivity contribution in [1.82, 2.24) is 0 Å². The molecule has 0 saturated heterocycles. The Morgan fingerprint density at radius 2 is 1.06 bits per heavy atom. The maximum Gasteiger partial charge on any atom is 0.229 e. The summed E-state index contributed by atoms with van der Waals surface area (Å²) in [5, 5.41) is 19.0. The fraction of sp³-hybridized carbons (Fsp3) is 0.583. The van der Waals surface area contributed by atoms with Crippen molar-refractivity contribution in [2.45, 2.75) is 53.4 Å². The Labute approximate surface area is 205 Å². The monoisotopic (exact) mass is 514 g/mol. The van der Waals surface area contributed by atoms with E-state index in [1.807, 2.05) is 27.7 Å². The fourth-order valence-corrected chi connectivity index (χ4v) is 6.98. The van der Waals surface area contributed by atoms with Gasteiger partial charge in [-0.05, 0) is 58.9 Å². The lowest BCUT2D eigenvalue weighted by molar-refractivity contribution is 0.340. The van der Waals surface area contributed by atoms with Crippen LogP contribution in [0.4, 0.5) is 0 Å². The molecule has 34 heavy (non-hydrogen) atoms. The third-order valence-electron chi connectivity index (χ3n) is 5.72. The van der Waals surface area contributed by atoms with Crippen molar-refractivity contribution in [3.63, 3.8) is 0 Å². The Kier molecular flexibility index (Phi) is 10.2. The first-order chi connectivity index (χ1) is 15.8. The zero-order valence-corrected chi connectivity index (χ0v) is 21.8. The molecule has 0 radical (unpaired) electrons. The van der Waals surface area contributed by atoms with Gasteiger partial charge in [0.25, 0.3) is 0 Å². The molecule has 2 atom stereocenters. The Morgan fingerprint density at radius 3 is 1.41 bits per heavy atom. The Morgan fingerprint density at radius 1 is 0.706 bits per heavy atom. The molecule has 0 amide bonds. The zero-order chi connectivity index (χ0) is 25.5. The molecule has 0 saturated carbocycles. The minimum atomic E-state index is -1.14. The molecular formula is C24H34O8S2. The van der Waals surface area contributed by atoms with Gasteiger partial charge in [-0.1, -0.05) is 27.7 Å². The van der Waals surface area contributed by atoms with E-state index in [1.54, 1.807) is 0 Å². The van der Waals surface area contributed by atoms with Crippen LogP contribution in [0.25, 0.3) is 0 Å². The van der Waals surface area contributed by atoms with Crippen molar-refractivity contribution in [2.75, 3.05) is 23.0 Å². The van der Waals surface area contributed by atoms with E-state index in [1.165, 1.54) is 12.5 Å². The highest BCUT2D eigenvalue weighted by Crippen LogP contribution is 2.27. The van der Waals surface area contributed by atoms with Crippen molar-refractivity contribution in [3.8, 4) is 11.5 Å². The van der Waals surface area contributed by atoms with Crippen LogP contribution in [-0.2, 0) is 35.2 Å². The average Bonchev–Trinajstić information content (AvgIpc) is 2.76. The second-order valence-electron chi connectivity index (χ2n) is 10.1. The van der Waals surface area contributed by atoms with E-state index in [0.717, 1.165) is 12.5 Å². The molecule has 2 heterocycles. The summed E-state index contributed by atoms with van der Waals surface area (Å²) in [6.07, 6.45) is 6.63. The minimum Gasteiger partial charge on any atom is -0.616 e. The maximum atomic E-state index is 12.5. The standard InChI is InChI=1S/C24H34O8S2/c1-23(2,11-17-13-31-15-19(25)21(17)27)5-7-33(29)9-10-34(30)8-6-24(3,4)12-18-14-32-16-20(26)22(18)28/h13-16,25-26H,5-12H2,1-4H3. The molecule has 2 aromatic rings. The van der Waals surface area contributed by atoms with E-state index < -0.39 is 44.7 Å². The molecule has 2 unspecified atom stereocenters. The van der Waals surface area contributed by atoms with Crippen LogP contribution in [0.3, 0.4) is 0 Å².